The fourth-order valence-electron chi connectivity index (χ4n) is 5.00. The van der Waals surface area contributed by atoms with E-state index in [1.54, 1.807) is 27.4 Å². The van der Waals surface area contributed by atoms with E-state index < -0.39 is 12.0 Å². The third-order valence-corrected chi connectivity index (χ3v) is 7.75. The van der Waals surface area contributed by atoms with Crippen molar-refractivity contribution in [2.45, 2.75) is 71.3 Å². The number of methoxy groups -OCH3 is 3. The zero-order valence-corrected chi connectivity index (χ0v) is 24.6. The first kappa shape index (κ1) is 30.2. The van der Waals surface area contributed by atoms with Crippen molar-refractivity contribution < 1.29 is 29.2 Å². The fraction of sp³-hybridized carbons (Fsp3) is 0.455. The molecule has 0 heterocycles. The number of aromatic hydroxyl groups is 1. The fourth-order valence-corrected chi connectivity index (χ4v) is 5.00. The average molecular weight is 537 g/mol. The Morgan fingerprint density at radius 3 is 1.97 bits per heavy atom. The van der Waals surface area contributed by atoms with E-state index in [2.05, 4.69) is 33.8 Å². The highest BCUT2D eigenvalue weighted by atomic mass is 16.5. The number of aliphatic hydroxyl groups is 1. The second kappa shape index (κ2) is 13.6. The lowest BCUT2D eigenvalue weighted by atomic mass is 9.83. The highest BCUT2D eigenvalue weighted by molar-refractivity contribution is 5.55. The van der Waals surface area contributed by atoms with Crippen LogP contribution in [0.2, 0.25) is 0 Å². The second-order valence-electron chi connectivity index (χ2n) is 10.3. The molecular weight excluding hydrogens is 492 g/mol. The summed E-state index contributed by atoms with van der Waals surface area (Å²) < 4.78 is 23.7. The number of ether oxygens (including phenoxy) is 4. The summed E-state index contributed by atoms with van der Waals surface area (Å²) in [5.41, 5.74) is 4.65. The molecule has 2 N–H and O–H groups in total. The lowest BCUT2D eigenvalue weighted by Crippen LogP contribution is -2.30. The molecule has 0 fully saturated rings. The molecule has 6 heteroatoms. The van der Waals surface area contributed by atoms with Crippen molar-refractivity contribution in [3.63, 3.8) is 0 Å². The smallest absolute Gasteiger partial charge is 0.164 e. The minimum Gasteiger partial charge on any atom is -0.508 e. The van der Waals surface area contributed by atoms with Gasteiger partial charge in [0.15, 0.2) is 23.0 Å². The topological polar surface area (TPSA) is 77.4 Å². The molecule has 6 nitrogen and oxygen atoms in total. The maximum atomic E-state index is 11.0. The zero-order chi connectivity index (χ0) is 28.7. The van der Waals surface area contributed by atoms with Gasteiger partial charge in [-0.1, -0.05) is 57.5 Å². The van der Waals surface area contributed by atoms with E-state index in [1.165, 1.54) is 0 Å². The third kappa shape index (κ3) is 6.62. The normalized spacial score (nSPS) is 14.3. The lowest BCUT2D eigenvalue weighted by Gasteiger charge is -2.30. The maximum absolute atomic E-state index is 11.0. The standard InChI is InChI=1S/C33H44O6/c1-9-21(4)23-12-14-28(29(17-23)36-6)39-31(19-34)32(26-15-20(3)11-13-27(26)35)24-16-25(22(5)10-2)33(38-8)30(18-24)37-7/h11-18,21-22,31-32,34-35H,9-10,19H2,1-8H3. The van der Waals surface area contributed by atoms with Gasteiger partial charge >= 0.3 is 0 Å². The average Bonchev–Trinajstić information content (AvgIpc) is 2.96. The Morgan fingerprint density at radius 1 is 0.718 bits per heavy atom. The summed E-state index contributed by atoms with van der Waals surface area (Å²) in [5.74, 6) is 2.60. The van der Waals surface area contributed by atoms with Crippen LogP contribution in [-0.4, -0.2) is 44.3 Å². The van der Waals surface area contributed by atoms with Crippen molar-refractivity contribution in [2.24, 2.45) is 0 Å². The highest BCUT2D eigenvalue weighted by Crippen LogP contribution is 2.44. The molecule has 0 aliphatic heterocycles. The van der Waals surface area contributed by atoms with E-state index in [4.69, 9.17) is 18.9 Å². The molecule has 0 aromatic heterocycles. The van der Waals surface area contributed by atoms with Gasteiger partial charge in [0.25, 0.3) is 0 Å². The monoisotopic (exact) mass is 536 g/mol. The van der Waals surface area contributed by atoms with Gasteiger partial charge < -0.3 is 29.2 Å². The summed E-state index contributed by atoms with van der Waals surface area (Å²) in [5, 5.41) is 21.8. The van der Waals surface area contributed by atoms with Crippen LogP contribution in [0, 0.1) is 6.92 Å². The van der Waals surface area contributed by atoms with Gasteiger partial charge in [-0.3, -0.25) is 0 Å². The molecular formula is C33H44O6. The van der Waals surface area contributed by atoms with Gasteiger partial charge in [-0.2, -0.15) is 0 Å². The van der Waals surface area contributed by atoms with Crippen molar-refractivity contribution in [2.75, 3.05) is 27.9 Å². The van der Waals surface area contributed by atoms with Crippen molar-refractivity contribution in [1.82, 2.24) is 0 Å². The summed E-state index contributed by atoms with van der Waals surface area (Å²) in [6.07, 6.45) is 1.18. The van der Waals surface area contributed by atoms with Gasteiger partial charge in [0.1, 0.15) is 11.9 Å². The molecule has 0 bridgehead atoms. The van der Waals surface area contributed by atoms with Crippen LogP contribution in [0.1, 0.15) is 86.1 Å². The Hall–Kier alpha value is -3.38. The van der Waals surface area contributed by atoms with E-state index in [1.807, 2.05) is 43.3 Å². The number of hydrogen-bond donors (Lipinski definition) is 2. The first-order chi connectivity index (χ1) is 18.7. The van der Waals surface area contributed by atoms with Crippen molar-refractivity contribution in [3.05, 3.63) is 76.3 Å². The lowest BCUT2D eigenvalue weighted by molar-refractivity contribution is 0.0988. The van der Waals surface area contributed by atoms with E-state index in [-0.39, 0.29) is 18.3 Å². The van der Waals surface area contributed by atoms with Crippen LogP contribution in [0.3, 0.4) is 0 Å². The van der Waals surface area contributed by atoms with Crippen molar-refractivity contribution in [1.29, 1.82) is 0 Å². The van der Waals surface area contributed by atoms with Gasteiger partial charge in [0.05, 0.1) is 33.9 Å². The highest BCUT2D eigenvalue weighted by Gasteiger charge is 2.32. The number of phenols is 1. The van der Waals surface area contributed by atoms with Crippen LogP contribution in [0.4, 0.5) is 0 Å². The number of aliphatic hydroxyl groups excluding tert-OH is 1. The SMILES string of the molecule is CCC(C)c1ccc(OC(CO)C(c2cc(OC)c(OC)c(C(C)CC)c2)c2cc(C)ccc2O)c(OC)c1. The summed E-state index contributed by atoms with van der Waals surface area (Å²) in [7, 11) is 4.88. The Morgan fingerprint density at radius 2 is 1.38 bits per heavy atom. The molecule has 0 radical (unpaired) electrons. The van der Waals surface area contributed by atoms with Gasteiger partial charge in [0.2, 0.25) is 0 Å². The van der Waals surface area contributed by atoms with Crippen LogP contribution < -0.4 is 18.9 Å². The molecule has 3 aromatic carbocycles. The molecule has 39 heavy (non-hydrogen) atoms. The van der Waals surface area contributed by atoms with Gasteiger partial charge in [0, 0.05) is 11.1 Å². The Labute approximate surface area is 233 Å². The number of phenolic OH excluding ortho intramolecular Hbond substituents is 1. The predicted molar refractivity (Wildman–Crippen MR) is 156 cm³/mol. The Balaban J connectivity index is 2.22. The summed E-state index contributed by atoms with van der Waals surface area (Å²) in [6, 6.07) is 15.4. The predicted octanol–water partition coefficient (Wildman–Crippen LogP) is 7.33. The molecule has 0 saturated heterocycles. The van der Waals surface area contributed by atoms with Crippen molar-refractivity contribution in [3.8, 4) is 28.7 Å². The maximum Gasteiger partial charge on any atom is 0.164 e. The van der Waals surface area contributed by atoms with Crippen LogP contribution >= 0.6 is 0 Å². The first-order valence-electron chi connectivity index (χ1n) is 13.7. The molecule has 0 aliphatic carbocycles. The van der Waals surface area contributed by atoms with Gasteiger partial charge in [-0.15, -0.1) is 0 Å². The van der Waals surface area contributed by atoms with Crippen LogP contribution in [0.25, 0.3) is 0 Å². The Kier molecular flexibility index (Phi) is 10.5. The van der Waals surface area contributed by atoms with E-state index in [9.17, 15) is 10.2 Å². The molecule has 212 valence electrons. The minimum absolute atomic E-state index is 0.131. The summed E-state index contributed by atoms with van der Waals surface area (Å²) in [6.45, 7) is 10.3. The molecule has 3 rings (SSSR count). The molecule has 0 amide bonds. The quantitative estimate of drug-likeness (QED) is 0.238. The number of hydrogen-bond acceptors (Lipinski definition) is 6. The molecule has 0 saturated carbocycles. The first-order valence-corrected chi connectivity index (χ1v) is 13.7. The van der Waals surface area contributed by atoms with E-state index in [0.717, 1.165) is 35.1 Å². The largest absolute Gasteiger partial charge is 0.508 e. The van der Waals surface area contributed by atoms with Crippen molar-refractivity contribution >= 4 is 0 Å². The van der Waals surface area contributed by atoms with Crippen LogP contribution in [0.5, 0.6) is 28.7 Å². The second-order valence-corrected chi connectivity index (χ2v) is 10.3. The van der Waals surface area contributed by atoms with E-state index in [0.29, 0.717) is 34.5 Å². The summed E-state index contributed by atoms with van der Waals surface area (Å²) in [4.78, 5) is 0. The summed E-state index contributed by atoms with van der Waals surface area (Å²) >= 11 is 0. The number of aryl methyl sites for hydroxylation is 1. The number of rotatable bonds is 13. The minimum atomic E-state index is -0.732. The third-order valence-electron chi connectivity index (χ3n) is 7.75. The molecule has 4 atom stereocenters. The van der Waals surface area contributed by atoms with E-state index >= 15 is 0 Å². The van der Waals surface area contributed by atoms with Gasteiger partial charge in [-0.25, -0.2) is 0 Å². The molecule has 3 aromatic rings. The molecule has 0 aliphatic rings. The Bertz CT molecular complexity index is 1240. The molecule has 0 spiro atoms. The zero-order valence-electron chi connectivity index (χ0n) is 24.6. The number of benzene rings is 3. The van der Waals surface area contributed by atoms with Gasteiger partial charge in [-0.05, 0) is 67.0 Å². The van der Waals surface area contributed by atoms with Crippen LogP contribution in [0.15, 0.2) is 48.5 Å². The van der Waals surface area contributed by atoms with Crippen LogP contribution in [-0.2, 0) is 0 Å². The molecule has 4 unspecified atom stereocenters.